The normalized spacial score (nSPS) is 33.2. The highest BCUT2D eigenvalue weighted by atomic mass is 32.2. The molecule has 1 aliphatic heterocycles. The average Bonchev–Trinajstić information content (AvgIpc) is 2.06. The Labute approximate surface area is 79.4 Å². The van der Waals surface area contributed by atoms with E-state index >= 15 is 0 Å². The first kappa shape index (κ1) is 10.4. The Kier molecular flexibility index (Phi) is 4.40. The number of nitrogens with one attached hydrogen (secondary N) is 1. The largest absolute Gasteiger partial charge is 0.384 e. The molecule has 0 saturated carbocycles. The third-order valence-corrected chi connectivity index (χ3v) is 3.93. The van der Waals surface area contributed by atoms with Crippen LogP contribution in [0.1, 0.15) is 13.8 Å². The fourth-order valence-electron chi connectivity index (χ4n) is 1.42. The molecule has 72 valence electrons. The second-order valence-electron chi connectivity index (χ2n) is 3.70. The molecule has 3 heteroatoms. The molecule has 0 aromatic heterocycles. The van der Waals surface area contributed by atoms with Crippen molar-refractivity contribution >= 4 is 11.8 Å². The topological polar surface area (TPSA) is 21.3 Å². The van der Waals surface area contributed by atoms with Crippen molar-refractivity contribution in [3.8, 4) is 0 Å². The van der Waals surface area contributed by atoms with Gasteiger partial charge in [0.1, 0.15) is 0 Å². The highest BCUT2D eigenvalue weighted by Gasteiger charge is 2.22. The molecule has 1 saturated heterocycles. The van der Waals surface area contributed by atoms with Gasteiger partial charge in [-0.2, -0.15) is 0 Å². The lowest BCUT2D eigenvalue weighted by molar-refractivity contribution is 0.152. The van der Waals surface area contributed by atoms with Crippen LogP contribution < -0.4 is 5.32 Å². The highest BCUT2D eigenvalue weighted by molar-refractivity contribution is 7.99. The molecule has 1 rings (SSSR count). The van der Waals surface area contributed by atoms with Gasteiger partial charge in [0.15, 0.2) is 0 Å². The van der Waals surface area contributed by atoms with Crippen LogP contribution in [0.2, 0.25) is 0 Å². The quantitative estimate of drug-likeness (QED) is 0.728. The van der Waals surface area contributed by atoms with Crippen molar-refractivity contribution in [3.05, 3.63) is 0 Å². The van der Waals surface area contributed by atoms with Crippen molar-refractivity contribution in [1.82, 2.24) is 5.32 Å². The number of hydrogen-bond donors (Lipinski definition) is 1. The van der Waals surface area contributed by atoms with E-state index in [-0.39, 0.29) is 0 Å². The zero-order valence-corrected chi connectivity index (χ0v) is 8.99. The van der Waals surface area contributed by atoms with E-state index in [1.54, 1.807) is 7.11 Å². The SMILES string of the molecule is COCC(C)C1NCC(C)CS1. The fourth-order valence-corrected chi connectivity index (χ4v) is 2.69. The third-order valence-electron chi connectivity index (χ3n) is 2.17. The van der Waals surface area contributed by atoms with Crippen LogP contribution in [-0.2, 0) is 4.74 Å². The maximum atomic E-state index is 5.13. The second-order valence-corrected chi connectivity index (χ2v) is 4.87. The molecule has 1 fully saturated rings. The minimum Gasteiger partial charge on any atom is -0.384 e. The van der Waals surface area contributed by atoms with Gasteiger partial charge in [-0.3, -0.25) is 0 Å². The summed E-state index contributed by atoms with van der Waals surface area (Å²) in [6.45, 7) is 6.55. The second kappa shape index (κ2) is 5.10. The van der Waals surface area contributed by atoms with E-state index in [9.17, 15) is 0 Å². The van der Waals surface area contributed by atoms with Gasteiger partial charge in [-0.15, -0.1) is 11.8 Å². The summed E-state index contributed by atoms with van der Waals surface area (Å²) in [5.74, 6) is 2.72. The van der Waals surface area contributed by atoms with E-state index in [4.69, 9.17) is 4.74 Å². The molecule has 0 spiro atoms. The molecule has 3 unspecified atom stereocenters. The summed E-state index contributed by atoms with van der Waals surface area (Å²) in [5.41, 5.74) is 0. The molecule has 0 amide bonds. The van der Waals surface area contributed by atoms with E-state index < -0.39 is 0 Å². The van der Waals surface area contributed by atoms with Crippen molar-refractivity contribution in [2.24, 2.45) is 11.8 Å². The van der Waals surface area contributed by atoms with Gasteiger partial charge in [0.2, 0.25) is 0 Å². The molecule has 0 bridgehead atoms. The van der Waals surface area contributed by atoms with E-state index in [1.165, 1.54) is 5.75 Å². The van der Waals surface area contributed by atoms with Crippen LogP contribution in [-0.4, -0.2) is 31.4 Å². The van der Waals surface area contributed by atoms with Crippen molar-refractivity contribution in [3.63, 3.8) is 0 Å². The van der Waals surface area contributed by atoms with E-state index in [2.05, 4.69) is 19.2 Å². The Morgan fingerprint density at radius 2 is 2.42 bits per heavy atom. The third kappa shape index (κ3) is 2.96. The van der Waals surface area contributed by atoms with Crippen LogP contribution in [0.3, 0.4) is 0 Å². The Bertz CT molecular complexity index is 124. The molecule has 2 nitrogen and oxygen atoms in total. The zero-order valence-electron chi connectivity index (χ0n) is 8.17. The van der Waals surface area contributed by atoms with Crippen LogP contribution in [0, 0.1) is 11.8 Å². The minimum absolute atomic E-state index is 0.598. The minimum atomic E-state index is 0.598. The lowest BCUT2D eigenvalue weighted by atomic mass is 10.1. The van der Waals surface area contributed by atoms with Crippen LogP contribution in [0.15, 0.2) is 0 Å². The molecule has 0 radical (unpaired) electrons. The smallest absolute Gasteiger partial charge is 0.0580 e. The summed E-state index contributed by atoms with van der Waals surface area (Å²) in [6, 6.07) is 0. The van der Waals surface area contributed by atoms with Gasteiger partial charge in [0, 0.05) is 13.0 Å². The number of thioether (sulfide) groups is 1. The molecule has 1 N–H and O–H groups in total. The summed E-state index contributed by atoms with van der Waals surface area (Å²) in [4.78, 5) is 0. The predicted octanol–water partition coefficient (Wildman–Crippen LogP) is 1.57. The van der Waals surface area contributed by atoms with Crippen LogP contribution in [0.4, 0.5) is 0 Å². The Morgan fingerprint density at radius 1 is 1.67 bits per heavy atom. The molecule has 1 heterocycles. The van der Waals surface area contributed by atoms with E-state index in [1.807, 2.05) is 11.8 Å². The zero-order chi connectivity index (χ0) is 8.97. The molecule has 12 heavy (non-hydrogen) atoms. The maximum Gasteiger partial charge on any atom is 0.0580 e. The summed E-state index contributed by atoms with van der Waals surface area (Å²) < 4.78 is 5.13. The van der Waals surface area contributed by atoms with Crippen LogP contribution >= 0.6 is 11.8 Å². The first-order valence-corrected chi connectivity index (χ1v) is 5.63. The first-order chi connectivity index (χ1) is 5.74. The average molecular weight is 189 g/mol. The monoisotopic (exact) mass is 189 g/mol. The molecule has 1 aliphatic rings. The first-order valence-electron chi connectivity index (χ1n) is 4.58. The van der Waals surface area contributed by atoms with E-state index in [0.29, 0.717) is 11.3 Å². The fraction of sp³-hybridized carbons (Fsp3) is 1.00. The molecular formula is C9H19NOS. The molecule has 3 atom stereocenters. The standard InChI is InChI=1S/C9H19NOS/c1-7-4-10-9(12-6-7)8(2)5-11-3/h7-10H,4-6H2,1-3H3. The summed E-state index contributed by atoms with van der Waals surface area (Å²) >= 11 is 2.03. The lowest BCUT2D eigenvalue weighted by Crippen LogP contribution is -2.41. The Hall–Kier alpha value is 0.270. The van der Waals surface area contributed by atoms with Gasteiger partial charge in [-0.05, 0) is 18.2 Å². The van der Waals surface area contributed by atoms with Crippen LogP contribution in [0.25, 0.3) is 0 Å². The van der Waals surface area contributed by atoms with Gasteiger partial charge in [-0.1, -0.05) is 13.8 Å². The number of ether oxygens (including phenoxy) is 1. The van der Waals surface area contributed by atoms with Gasteiger partial charge in [0.05, 0.1) is 12.0 Å². The van der Waals surface area contributed by atoms with Crippen molar-refractivity contribution in [2.75, 3.05) is 26.0 Å². The van der Waals surface area contributed by atoms with Crippen LogP contribution in [0.5, 0.6) is 0 Å². The summed E-state index contributed by atoms with van der Waals surface area (Å²) in [6.07, 6.45) is 0. The summed E-state index contributed by atoms with van der Waals surface area (Å²) in [5, 5.41) is 4.13. The molecular weight excluding hydrogens is 170 g/mol. The number of rotatable bonds is 3. The summed E-state index contributed by atoms with van der Waals surface area (Å²) in [7, 11) is 1.77. The van der Waals surface area contributed by atoms with Gasteiger partial charge in [-0.25, -0.2) is 0 Å². The van der Waals surface area contributed by atoms with Crippen molar-refractivity contribution in [1.29, 1.82) is 0 Å². The maximum absolute atomic E-state index is 5.13. The Morgan fingerprint density at radius 3 is 2.92 bits per heavy atom. The predicted molar refractivity (Wildman–Crippen MR) is 54.5 cm³/mol. The van der Waals surface area contributed by atoms with Crippen molar-refractivity contribution < 1.29 is 4.74 Å². The molecule has 0 aliphatic carbocycles. The highest BCUT2D eigenvalue weighted by Crippen LogP contribution is 2.24. The van der Waals surface area contributed by atoms with Crippen molar-refractivity contribution in [2.45, 2.75) is 19.2 Å². The molecule has 0 aromatic carbocycles. The van der Waals surface area contributed by atoms with Gasteiger partial charge in [0.25, 0.3) is 0 Å². The number of methoxy groups -OCH3 is 1. The van der Waals surface area contributed by atoms with Gasteiger partial charge >= 0.3 is 0 Å². The Balaban J connectivity index is 2.24. The van der Waals surface area contributed by atoms with Gasteiger partial charge < -0.3 is 10.1 Å². The molecule has 0 aromatic rings. The number of hydrogen-bond acceptors (Lipinski definition) is 3. The lowest BCUT2D eigenvalue weighted by Gasteiger charge is -2.31. The van der Waals surface area contributed by atoms with E-state index in [0.717, 1.165) is 19.1 Å².